The zero-order valence-electron chi connectivity index (χ0n) is 9.98. The number of nitriles is 1. The van der Waals surface area contributed by atoms with Gasteiger partial charge in [0.2, 0.25) is 0 Å². The number of benzene rings is 1. The van der Waals surface area contributed by atoms with E-state index in [9.17, 15) is 4.79 Å². The van der Waals surface area contributed by atoms with Crippen LogP contribution in [0.1, 0.15) is 11.6 Å². The Morgan fingerprint density at radius 2 is 2.22 bits per heavy atom. The van der Waals surface area contributed by atoms with Crippen molar-refractivity contribution in [2.24, 2.45) is 0 Å². The Hall–Kier alpha value is -1.28. The minimum Gasteiger partial charge on any atom is -0.468 e. The van der Waals surface area contributed by atoms with Gasteiger partial charge in [-0.15, -0.1) is 0 Å². The van der Waals surface area contributed by atoms with Gasteiger partial charge in [0.25, 0.3) is 0 Å². The van der Waals surface area contributed by atoms with Crippen LogP contribution in [0, 0.1) is 11.3 Å². The highest BCUT2D eigenvalue weighted by Gasteiger charge is 2.28. The summed E-state index contributed by atoms with van der Waals surface area (Å²) in [7, 11) is 2.93. The molecule has 0 fully saturated rings. The van der Waals surface area contributed by atoms with Crippen molar-refractivity contribution in [1.82, 2.24) is 4.90 Å². The first-order valence-corrected chi connectivity index (χ1v) is 5.87. The normalized spacial score (nSPS) is 12.0. The van der Waals surface area contributed by atoms with E-state index in [4.69, 9.17) is 33.2 Å². The van der Waals surface area contributed by atoms with Crippen molar-refractivity contribution >= 4 is 29.2 Å². The minimum atomic E-state index is -0.749. The number of methoxy groups -OCH3 is 1. The van der Waals surface area contributed by atoms with Gasteiger partial charge in [0.05, 0.1) is 29.8 Å². The van der Waals surface area contributed by atoms with E-state index in [0.717, 1.165) is 0 Å². The maximum atomic E-state index is 11.8. The van der Waals surface area contributed by atoms with Gasteiger partial charge in [0, 0.05) is 5.56 Å². The highest BCUT2D eigenvalue weighted by Crippen LogP contribution is 2.32. The van der Waals surface area contributed by atoms with E-state index in [2.05, 4.69) is 0 Å². The number of carbonyl (C=O) groups is 1. The summed E-state index contributed by atoms with van der Waals surface area (Å²) in [5.41, 5.74) is 0.522. The number of halogens is 2. The first kappa shape index (κ1) is 14.8. The molecule has 0 aliphatic rings. The first-order valence-electron chi connectivity index (χ1n) is 5.11. The largest absolute Gasteiger partial charge is 0.468 e. The number of likely N-dealkylation sites (N-methyl/N-ethyl adjacent to an activating group) is 1. The van der Waals surface area contributed by atoms with Crippen molar-refractivity contribution in [2.45, 2.75) is 6.04 Å². The number of esters is 1. The molecule has 0 heterocycles. The zero-order chi connectivity index (χ0) is 13.7. The summed E-state index contributed by atoms with van der Waals surface area (Å²) in [6, 6.07) is 6.23. The molecular weight excluding hydrogens is 275 g/mol. The molecule has 0 unspecified atom stereocenters. The topological polar surface area (TPSA) is 53.3 Å². The van der Waals surface area contributed by atoms with Crippen LogP contribution in [0.2, 0.25) is 10.0 Å². The lowest BCUT2D eigenvalue weighted by molar-refractivity contribution is -0.146. The van der Waals surface area contributed by atoms with Crippen molar-refractivity contribution in [3.8, 4) is 6.07 Å². The fourth-order valence-electron chi connectivity index (χ4n) is 1.59. The Morgan fingerprint density at radius 1 is 1.56 bits per heavy atom. The van der Waals surface area contributed by atoms with Gasteiger partial charge in [-0.25, -0.2) is 4.79 Å². The highest BCUT2D eigenvalue weighted by molar-refractivity contribution is 6.42. The van der Waals surface area contributed by atoms with Crippen molar-refractivity contribution in [2.75, 3.05) is 20.7 Å². The van der Waals surface area contributed by atoms with Gasteiger partial charge in [0.15, 0.2) is 0 Å². The van der Waals surface area contributed by atoms with E-state index in [1.807, 2.05) is 6.07 Å². The molecule has 1 rings (SSSR count). The number of hydrogen-bond acceptors (Lipinski definition) is 4. The van der Waals surface area contributed by atoms with Crippen molar-refractivity contribution in [3.05, 3.63) is 33.8 Å². The smallest absolute Gasteiger partial charge is 0.327 e. The molecule has 0 bridgehead atoms. The Kier molecular flexibility index (Phi) is 5.42. The van der Waals surface area contributed by atoms with E-state index in [-0.39, 0.29) is 6.54 Å². The van der Waals surface area contributed by atoms with Gasteiger partial charge in [-0.05, 0) is 13.1 Å². The predicted octanol–water partition coefficient (Wildman–Crippen LogP) is 2.66. The van der Waals surface area contributed by atoms with Crippen LogP contribution in [0.5, 0.6) is 0 Å². The molecule has 0 aromatic heterocycles. The summed E-state index contributed by atoms with van der Waals surface area (Å²) in [5, 5.41) is 9.35. The van der Waals surface area contributed by atoms with E-state index in [0.29, 0.717) is 15.6 Å². The molecule has 0 N–H and O–H groups in total. The third-order valence-corrected chi connectivity index (χ3v) is 3.29. The molecule has 6 heteroatoms. The second kappa shape index (κ2) is 6.60. The summed E-state index contributed by atoms with van der Waals surface area (Å²) in [5.74, 6) is -0.489. The Bertz CT molecular complexity index is 485. The molecular formula is C12H12Cl2N2O2. The van der Waals surface area contributed by atoms with Crippen molar-refractivity contribution < 1.29 is 9.53 Å². The average Bonchev–Trinajstić information content (AvgIpc) is 2.35. The lowest BCUT2D eigenvalue weighted by Gasteiger charge is -2.24. The number of hydrogen-bond donors (Lipinski definition) is 0. The maximum absolute atomic E-state index is 11.8. The lowest BCUT2D eigenvalue weighted by Crippen LogP contribution is -2.32. The lowest BCUT2D eigenvalue weighted by atomic mass is 10.1. The van der Waals surface area contributed by atoms with Gasteiger partial charge in [-0.3, -0.25) is 4.90 Å². The van der Waals surface area contributed by atoms with Crippen LogP contribution in [-0.4, -0.2) is 31.6 Å². The third-order valence-electron chi connectivity index (χ3n) is 2.46. The Morgan fingerprint density at radius 3 is 2.78 bits per heavy atom. The maximum Gasteiger partial charge on any atom is 0.327 e. The molecule has 0 aliphatic heterocycles. The molecule has 0 saturated heterocycles. The van der Waals surface area contributed by atoms with E-state index in [1.54, 1.807) is 30.1 Å². The second-order valence-corrected chi connectivity index (χ2v) is 4.43. The molecule has 0 aliphatic carbocycles. The van der Waals surface area contributed by atoms with Gasteiger partial charge in [-0.2, -0.15) is 5.26 Å². The predicted molar refractivity (Wildman–Crippen MR) is 69.5 cm³/mol. The summed E-state index contributed by atoms with van der Waals surface area (Å²) in [6.45, 7) is 0.0720. The van der Waals surface area contributed by atoms with Gasteiger partial charge < -0.3 is 4.74 Å². The monoisotopic (exact) mass is 286 g/mol. The molecule has 1 aromatic carbocycles. The summed E-state index contributed by atoms with van der Waals surface area (Å²) < 4.78 is 4.74. The van der Waals surface area contributed by atoms with Crippen molar-refractivity contribution in [1.29, 1.82) is 5.26 Å². The minimum absolute atomic E-state index is 0.0720. The fraction of sp³-hybridized carbons (Fsp3) is 0.333. The summed E-state index contributed by atoms with van der Waals surface area (Å²) in [4.78, 5) is 13.4. The third kappa shape index (κ3) is 3.14. The van der Waals surface area contributed by atoms with E-state index < -0.39 is 12.0 Å². The standard InChI is InChI=1S/C12H12Cl2N2O2/c1-16(7-6-15)11(12(17)18-2)8-4-3-5-9(13)10(8)14/h3-5,11H,7H2,1-2H3/t11-/m0/s1. The van der Waals surface area contributed by atoms with Crippen LogP contribution in [-0.2, 0) is 9.53 Å². The number of nitrogens with zero attached hydrogens (tertiary/aromatic N) is 2. The molecule has 0 amide bonds. The fourth-order valence-corrected chi connectivity index (χ4v) is 2.00. The second-order valence-electron chi connectivity index (χ2n) is 3.64. The molecule has 4 nitrogen and oxygen atoms in total. The van der Waals surface area contributed by atoms with Crippen LogP contribution in [0.15, 0.2) is 18.2 Å². The van der Waals surface area contributed by atoms with E-state index >= 15 is 0 Å². The molecule has 1 atom stereocenters. The van der Waals surface area contributed by atoms with Crippen LogP contribution < -0.4 is 0 Å². The van der Waals surface area contributed by atoms with E-state index in [1.165, 1.54) is 7.11 Å². The summed E-state index contributed by atoms with van der Waals surface area (Å²) in [6.07, 6.45) is 0. The summed E-state index contributed by atoms with van der Waals surface area (Å²) >= 11 is 12.0. The Balaban J connectivity index is 3.22. The van der Waals surface area contributed by atoms with Gasteiger partial charge >= 0.3 is 5.97 Å². The van der Waals surface area contributed by atoms with Gasteiger partial charge in [-0.1, -0.05) is 35.3 Å². The molecule has 18 heavy (non-hydrogen) atoms. The molecule has 0 radical (unpaired) electrons. The molecule has 96 valence electrons. The Labute approximate surface area is 116 Å². The SMILES string of the molecule is COC(=O)[C@H](c1cccc(Cl)c1Cl)N(C)CC#N. The van der Waals surface area contributed by atoms with Crippen LogP contribution in [0.4, 0.5) is 0 Å². The zero-order valence-corrected chi connectivity index (χ0v) is 11.5. The number of ether oxygens (including phenoxy) is 1. The number of carbonyl (C=O) groups excluding carboxylic acids is 1. The first-order chi connectivity index (χ1) is 8.52. The van der Waals surface area contributed by atoms with Crippen molar-refractivity contribution in [3.63, 3.8) is 0 Å². The average molecular weight is 287 g/mol. The quantitative estimate of drug-likeness (QED) is 0.631. The van der Waals surface area contributed by atoms with Crippen LogP contribution in [0.25, 0.3) is 0 Å². The number of rotatable bonds is 4. The van der Waals surface area contributed by atoms with Crippen LogP contribution >= 0.6 is 23.2 Å². The highest BCUT2D eigenvalue weighted by atomic mass is 35.5. The van der Waals surface area contributed by atoms with Crippen LogP contribution in [0.3, 0.4) is 0 Å². The molecule has 0 saturated carbocycles. The molecule has 0 spiro atoms. The van der Waals surface area contributed by atoms with Gasteiger partial charge in [0.1, 0.15) is 6.04 Å². The molecule has 1 aromatic rings.